The minimum Gasteiger partial charge on any atom is -0.380 e. The van der Waals surface area contributed by atoms with Crippen molar-refractivity contribution in [2.24, 2.45) is 0 Å². The second-order valence-corrected chi connectivity index (χ2v) is 7.55. The summed E-state index contributed by atoms with van der Waals surface area (Å²) in [5, 5.41) is 4.88. The van der Waals surface area contributed by atoms with Gasteiger partial charge in [0.1, 0.15) is 5.82 Å². The number of hydrogen-bond donors (Lipinski definition) is 1. The number of halogens is 3. The Labute approximate surface area is 177 Å². The molecule has 1 aromatic heterocycles. The topological polar surface area (TPSA) is 54.5 Å². The van der Waals surface area contributed by atoms with Gasteiger partial charge in [-0.2, -0.15) is 0 Å². The molecule has 1 amide bonds. The molecule has 2 aromatic carbocycles. The van der Waals surface area contributed by atoms with Crippen molar-refractivity contribution in [3.63, 3.8) is 0 Å². The molecule has 0 radical (unpaired) electrons. The predicted molar refractivity (Wildman–Crippen MR) is 112 cm³/mol. The Morgan fingerprint density at radius 2 is 1.97 bits per heavy atom. The molecule has 150 valence electrons. The summed E-state index contributed by atoms with van der Waals surface area (Å²) in [6.07, 6.45) is 1.57. The second-order valence-electron chi connectivity index (χ2n) is 6.70. The van der Waals surface area contributed by atoms with Crippen molar-refractivity contribution in [3.05, 3.63) is 69.6 Å². The number of fused-ring (bicyclic) bond motifs is 1. The molecule has 3 aromatic rings. The molecule has 1 fully saturated rings. The Balaban J connectivity index is 1.73. The minimum absolute atomic E-state index is 0.129. The zero-order valence-corrected chi connectivity index (χ0v) is 16.9. The average Bonchev–Trinajstić information content (AvgIpc) is 2.73. The molecule has 0 unspecified atom stereocenters. The van der Waals surface area contributed by atoms with Crippen LogP contribution in [-0.2, 0) is 11.3 Å². The summed E-state index contributed by atoms with van der Waals surface area (Å²) in [5.41, 5.74) is 2.49. The van der Waals surface area contributed by atoms with Gasteiger partial charge in [0.05, 0.1) is 30.0 Å². The minimum atomic E-state index is -0.400. The zero-order valence-electron chi connectivity index (χ0n) is 15.4. The first-order valence-corrected chi connectivity index (χ1v) is 9.91. The van der Waals surface area contributed by atoms with Crippen LogP contribution in [0.15, 0.2) is 42.6 Å². The van der Waals surface area contributed by atoms with Crippen molar-refractivity contribution < 1.29 is 13.9 Å². The van der Waals surface area contributed by atoms with Crippen LogP contribution < -0.4 is 5.32 Å². The molecule has 0 aliphatic carbocycles. The molecule has 1 aliphatic heterocycles. The van der Waals surface area contributed by atoms with Crippen molar-refractivity contribution in [3.8, 4) is 0 Å². The molecule has 0 atom stereocenters. The van der Waals surface area contributed by atoms with Gasteiger partial charge in [0, 0.05) is 41.3 Å². The molecule has 1 N–H and O–H groups in total. The lowest BCUT2D eigenvalue weighted by Gasteiger charge is -2.28. The molecular weight excluding hydrogens is 416 g/mol. The normalized spacial score (nSPS) is 14.2. The number of hydrogen-bond acceptors (Lipinski definition) is 4. The van der Waals surface area contributed by atoms with E-state index >= 15 is 0 Å². The number of carbonyl (C=O) groups excluding carboxylic acids is 1. The van der Waals surface area contributed by atoms with E-state index in [9.17, 15) is 9.18 Å². The van der Waals surface area contributed by atoms with Crippen LogP contribution in [0.4, 0.5) is 10.1 Å². The second kappa shape index (κ2) is 8.53. The lowest BCUT2D eigenvalue weighted by Crippen LogP contribution is -2.41. The summed E-state index contributed by atoms with van der Waals surface area (Å²) < 4.78 is 18.7. The summed E-state index contributed by atoms with van der Waals surface area (Å²) in [6.45, 7) is 2.37. The van der Waals surface area contributed by atoms with Gasteiger partial charge < -0.3 is 15.0 Å². The Hall–Kier alpha value is -2.41. The number of carbonyl (C=O) groups is 1. The fourth-order valence-electron chi connectivity index (χ4n) is 3.30. The monoisotopic (exact) mass is 433 g/mol. The average molecular weight is 434 g/mol. The van der Waals surface area contributed by atoms with Gasteiger partial charge in [-0.3, -0.25) is 9.78 Å². The van der Waals surface area contributed by atoms with Gasteiger partial charge >= 0.3 is 0 Å². The Bertz CT molecular complexity index is 1070. The van der Waals surface area contributed by atoms with Crippen LogP contribution in [0, 0.1) is 5.82 Å². The summed E-state index contributed by atoms with van der Waals surface area (Å²) >= 11 is 12.4. The van der Waals surface area contributed by atoms with E-state index in [0.717, 1.165) is 5.39 Å². The molecule has 0 spiro atoms. The van der Waals surface area contributed by atoms with Crippen LogP contribution in [0.25, 0.3) is 10.9 Å². The van der Waals surface area contributed by atoms with Crippen LogP contribution in [0.3, 0.4) is 0 Å². The number of nitrogens with zero attached hydrogens (tertiary/aromatic N) is 2. The van der Waals surface area contributed by atoms with Crippen LogP contribution in [-0.4, -0.2) is 42.1 Å². The van der Waals surface area contributed by atoms with E-state index in [0.29, 0.717) is 65.2 Å². The third-order valence-electron chi connectivity index (χ3n) is 4.83. The maximum atomic E-state index is 13.4. The molecule has 29 heavy (non-hydrogen) atoms. The van der Waals surface area contributed by atoms with Gasteiger partial charge in [0.15, 0.2) is 0 Å². The molecule has 1 saturated heterocycles. The fourth-order valence-corrected chi connectivity index (χ4v) is 3.71. The number of anilines is 1. The van der Waals surface area contributed by atoms with Crippen molar-refractivity contribution in [2.45, 2.75) is 6.54 Å². The largest absolute Gasteiger partial charge is 0.380 e. The third-order valence-corrected chi connectivity index (χ3v) is 5.42. The highest BCUT2D eigenvalue weighted by molar-refractivity contribution is 6.32. The Morgan fingerprint density at radius 1 is 1.17 bits per heavy atom. The molecule has 4 rings (SSSR count). The van der Waals surface area contributed by atoms with Crippen molar-refractivity contribution in [1.82, 2.24) is 9.88 Å². The first-order chi connectivity index (χ1) is 14.0. The van der Waals surface area contributed by atoms with E-state index in [-0.39, 0.29) is 5.91 Å². The van der Waals surface area contributed by atoms with Crippen LogP contribution in [0.1, 0.15) is 15.9 Å². The number of rotatable bonds is 4. The summed E-state index contributed by atoms with van der Waals surface area (Å²) in [6, 6.07) is 9.56. The van der Waals surface area contributed by atoms with Crippen molar-refractivity contribution in [2.75, 3.05) is 31.6 Å². The number of pyridine rings is 1. The first kappa shape index (κ1) is 19.9. The van der Waals surface area contributed by atoms with Crippen LogP contribution in [0.2, 0.25) is 10.0 Å². The van der Waals surface area contributed by atoms with E-state index in [2.05, 4.69) is 10.3 Å². The molecule has 0 saturated carbocycles. The smallest absolute Gasteiger partial charge is 0.257 e. The maximum absolute atomic E-state index is 13.4. The lowest BCUT2D eigenvalue weighted by atomic mass is 10.1. The number of benzene rings is 2. The van der Waals surface area contributed by atoms with Gasteiger partial charge in [0.2, 0.25) is 0 Å². The van der Waals surface area contributed by atoms with Gasteiger partial charge in [-0.15, -0.1) is 0 Å². The van der Waals surface area contributed by atoms with E-state index in [1.807, 2.05) is 0 Å². The molecule has 2 heterocycles. The first-order valence-electron chi connectivity index (χ1n) is 9.16. The lowest BCUT2D eigenvalue weighted by molar-refractivity contribution is 0.0303. The molecular formula is C21H18Cl2FN3O2. The zero-order chi connectivity index (χ0) is 20.4. The summed E-state index contributed by atoms with van der Waals surface area (Å²) in [5.74, 6) is -0.529. The molecule has 0 bridgehead atoms. The maximum Gasteiger partial charge on any atom is 0.257 e. The van der Waals surface area contributed by atoms with Gasteiger partial charge in [0.25, 0.3) is 5.91 Å². The van der Waals surface area contributed by atoms with Gasteiger partial charge in [-0.25, -0.2) is 4.39 Å². The highest BCUT2D eigenvalue weighted by Crippen LogP contribution is 2.30. The molecule has 5 nitrogen and oxygen atoms in total. The molecule has 1 aliphatic rings. The fraction of sp³-hybridized carbons (Fsp3) is 0.238. The Morgan fingerprint density at radius 3 is 2.72 bits per heavy atom. The Kier molecular flexibility index (Phi) is 5.85. The predicted octanol–water partition coefficient (Wildman–Crippen LogP) is 4.77. The van der Waals surface area contributed by atoms with Gasteiger partial charge in [-0.05, 0) is 35.9 Å². The van der Waals surface area contributed by atoms with Crippen molar-refractivity contribution in [1.29, 1.82) is 0 Å². The summed E-state index contributed by atoms with van der Waals surface area (Å²) in [4.78, 5) is 19.3. The highest BCUT2D eigenvalue weighted by Gasteiger charge is 2.23. The van der Waals surface area contributed by atoms with Crippen LogP contribution in [0.5, 0.6) is 0 Å². The highest BCUT2D eigenvalue weighted by atomic mass is 35.5. The van der Waals surface area contributed by atoms with Crippen molar-refractivity contribution >= 4 is 45.7 Å². The van der Waals surface area contributed by atoms with E-state index in [4.69, 9.17) is 27.9 Å². The number of ether oxygens (including phenoxy) is 1. The number of morpholine rings is 1. The number of amides is 1. The number of nitrogens with one attached hydrogen (secondary N) is 1. The van der Waals surface area contributed by atoms with E-state index < -0.39 is 5.82 Å². The SMILES string of the molecule is O=C(c1cnc2ccc(Cl)cc2c1NCc1ccc(F)cc1Cl)N1CCOCC1. The number of aromatic nitrogens is 1. The standard InChI is InChI=1S/C21H18Cl2FN3O2/c22-14-2-4-19-16(9-14)20(26-11-13-1-3-15(24)10-18(13)23)17(12-25-19)21(28)27-5-7-29-8-6-27/h1-4,9-10,12H,5-8,11H2,(H,25,26). The van der Waals surface area contributed by atoms with Gasteiger partial charge in [-0.1, -0.05) is 29.3 Å². The van der Waals surface area contributed by atoms with Crippen LogP contribution >= 0.6 is 23.2 Å². The molecule has 8 heteroatoms. The van der Waals surface area contributed by atoms with E-state index in [1.54, 1.807) is 35.4 Å². The quantitative estimate of drug-likeness (QED) is 0.643. The third kappa shape index (κ3) is 4.29. The summed E-state index contributed by atoms with van der Waals surface area (Å²) in [7, 11) is 0. The van der Waals surface area contributed by atoms with E-state index in [1.165, 1.54) is 12.1 Å².